The molecule has 0 aromatic heterocycles. The molecule has 174 valence electrons. The number of ketones is 1. The standard InChI is InChI=1S/C27H24FNO5/c1-15-9-11-18(13-16(15)2)29-24(19-7-5-6-8-21(19)33-3)23(26(31)27(29)32)25(30)20-14-17(28)10-12-22(20)34-4/h5-14,24,30H,1-4H3/b25-23+. The number of carbonyl (C=O) groups is 2. The van der Waals surface area contributed by atoms with E-state index in [0.717, 1.165) is 17.2 Å². The van der Waals surface area contributed by atoms with Crippen LogP contribution in [0.4, 0.5) is 10.1 Å². The van der Waals surface area contributed by atoms with Crippen molar-refractivity contribution >= 4 is 23.1 Å². The highest BCUT2D eigenvalue weighted by atomic mass is 19.1. The van der Waals surface area contributed by atoms with E-state index in [2.05, 4.69) is 0 Å². The summed E-state index contributed by atoms with van der Waals surface area (Å²) in [6.45, 7) is 3.85. The van der Waals surface area contributed by atoms with Gasteiger partial charge in [0.15, 0.2) is 0 Å². The molecule has 1 aliphatic heterocycles. The molecule has 0 bridgehead atoms. The number of benzene rings is 3. The summed E-state index contributed by atoms with van der Waals surface area (Å²) in [6.07, 6.45) is 0. The predicted octanol–water partition coefficient (Wildman–Crippen LogP) is 5.09. The van der Waals surface area contributed by atoms with Crippen molar-refractivity contribution in [1.29, 1.82) is 0 Å². The third kappa shape index (κ3) is 3.79. The average Bonchev–Trinajstić information content (AvgIpc) is 3.10. The number of hydrogen-bond donors (Lipinski definition) is 1. The highest BCUT2D eigenvalue weighted by molar-refractivity contribution is 6.51. The molecule has 1 amide bonds. The lowest BCUT2D eigenvalue weighted by molar-refractivity contribution is -0.132. The molecule has 4 rings (SSSR count). The Hall–Kier alpha value is -4.13. The first-order valence-electron chi connectivity index (χ1n) is 10.6. The van der Waals surface area contributed by atoms with Gasteiger partial charge in [0.05, 0.1) is 31.4 Å². The summed E-state index contributed by atoms with van der Waals surface area (Å²) >= 11 is 0. The number of aryl methyl sites for hydroxylation is 2. The third-order valence-corrected chi connectivity index (χ3v) is 6.06. The highest BCUT2D eigenvalue weighted by Crippen LogP contribution is 2.45. The van der Waals surface area contributed by atoms with Crippen LogP contribution in [0.1, 0.15) is 28.3 Å². The number of amides is 1. The van der Waals surface area contributed by atoms with Crippen LogP contribution in [0, 0.1) is 19.7 Å². The van der Waals surface area contributed by atoms with Crippen LogP contribution < -0.4 is 14.4 Å². The van der Waals surface area contributed by atoms with Gasteiger partial charge in [-0.25, -0.2) is 4.39 Å². The number of anilines is 1. The number of methoxy groups -OCH3 is 2. The number of hydrogen-bond acceptors (Lipinski definition) is 5. The van der Waals surface area contributed by atoms with Gasteiger partial charge in [0.2, 0.25) is 0 Å². The van der Waals surface area contributed by atoms with Crippen LogP contribution in [0.3, 0.4) is 0 Å². The Bertz CT molecular complexity index is 1330. The molecule has 7 heteroatoms. The summed E-state index contributed by atoms with van der Waals surface area (Å²) < 4.78 is 24.9. The minimum atomic E-state index is -1.01. The summed E-state index contributed by atoms with van der Waals surface area (Å²) in [4.78, 5) is 28.0. The molecule has 34 heavy (non-hydrogen) atoms. The van der Waals surface area contributed by atoms with Crippen LogP contribution in [0.25, 0.3) is 5.76 Å². The van der Waals surface area contributed by atoms with E-state index in [9.17, 15) is 19.1 Å². The van der Waals surface area contributed by atoms with Gasteiger partial charge in [-0.3, -0.25) is 14.5 Å². The molecule has 3 aromatic rings. The monoisotopic (exact) mass is 461 g/mol. The van der Waals surface area contributed by atoms with E-state index < -0.39 is 29.3 Å². The van der Waals surface area contributed by atoms with Gasteiger partial charge in [-0.05, 0) is 61.4 Å². The molecule has 1 saturated heterocycles. The normalized spacial score (nSPS) is 17.2. The van der Waals surface area contributed by atoms with Crippen molar-refractivity contribution in [2.75, 3.05) is 19.1 Å². The number of carbonyl (C=O) groups excluding carboxylic acids is 2. The minimum Gasteiger partial charge on any atom is -0.507 e. The van der Waals surface area contributed by atoms with Crippen LogP contribution >= 0.6 is 0 Å². The lowest BCUT2D eigenvalue weighted by Gasteiger charge is -2.27. The Balaban J connectivity index is 2.03. The fourth-order valence-electron chi connectivity index (χ4n) is 4.17. The number of para-hydroxylation sites is 1. The van der Waals surface area contributed by atoms with Crippen molar-refractivity contribution in [2.45, 2.75) is 19.9 Å². The molecule has 1 fully saturated rings. The molecule has 0 spiro atoms. The maximum absolute atomic E-state index is 14.1. The summed E-state index contributed by atoms with van der Waals surface area (Å²) in [6, 6.07) is 15.0. The minimum absolute atomic E-state index is 0.0273. The zero-order valence-corrected chi connectivity index (χ0v) is 19.3. The topological polar surface area (TPSA) is 76.1 Å². The summed E-state index contributed by atoms with van der Waals surface area (Å²) in [7, 11) is 2.85. The number of halogens is 1. The van der Waals surface area contributed by atoms with Crippen LogP contribution in [0.15, 0.2) is 66.2 Å². The fourth-order valence-corrected chi connectivity index (χ4v) is 4.17. The summed E-state index contributed by atoms with van der Waals surface area (Å²) in [5, 5.41) is 11.3. The number of aliphatic hydroxyl groups excluding tert-OH is 1. The Morgan fingerprint density at radius 2 is 1.62 bits per heavy atom. The van der Waals surface area contributed by atoms with Crippen LogP contribution in [-0.4, -0.2) is 31.0 Å². The first-order chi connectivity index (χ1) is 16.3. The number of ether oxygens (including phenoxy) is 2. The van der Waals surface area contributed by atoms with Gasteiger partial charge in [0.1, 0.15) is 23.1 Å². The molecule has 0 aliphatic carbocycles. The highest BCUT2D eigenvalue weighted by Gasteiger charge is 2.48. The molecule has 1 unspecified atom stereocenters. The summed E-state index contributed by atoms with van der Waals surface area (Å²) in [5.74, 6) is -2.26. The Labute approximate surface area is 196 Å². The number of Topliss-reactive ketones (excluding diaryl/α,β-unsaturated/α-hetero) is 1. The van der Waals surface area contributed by atoms with E-state index in [1.54, 1.807) is 30.3 Å². The van der Waals surface area contributed by atoms with Gasteiger partial charge < -0.3 is 14.6 Å². The lowest BCUT2D eigenvalue weighted by atomic mass is 9.94. The van der Waals surface area contributed by atoms with E-state index in [1.807, 2.05) is 26.0 Å². The Kier molecular flexibility index (Phi) is 6.11. The molecule has 0 saturated carbocycles. The van der Waals surface area contributed by atoms with Crippen molar-refractivity contribution in [3.8, 4) is 11.5 Å². The fraction of sp³-hybridized carbons (Fsp3) is 0.185. The van der Waals surface area contributed by atoms with E-state index in [4.69, 9.17) is 9.47 Å². The maximum Gasteiger partial charge on any atom is 0.300 e. The zero-order valence-electron chi connectivity index (χ0n) is 19.3. The molecule has 3 aromatic carbocycles. The third-order valence-electron chi connectivity index (χ3n) is 6.06. The second kappa shape index (κ2) is 9.02. The van der Waals surface area contributed by atoms with Crippen molar-refractivity contribution in [1.82, 2.24) is 0 Å². The van der Waals surface area contributed by atoms with Crippen molar-refractivity contribution in [3.63, 3.8) is 0 Å². The SMILES string of the molecule is COc1ccc(F)cc1/C(O)=C1\C(=O)C(=O)N(c2ccc(C)c(C)c2)C1c1ccccc1OC. The van der Waals surface area contributed by atoms with Crippen LogP contribution in [-0.2, 0) is 9.59 Å². The van der Waals surface area contributed by atoms with Crippen molar-refractivity contribution in [3.05, 3.63) is 94.3 Å². The van der Waals surface area contributed by atoms with Crippen molar-refractivity contribution < 1.29 is 28.6 Å². The molecule has 1 aliphatic rings. The zero-order chi connectivity index (χ0) is 24.6. The molecular weight excluding hydrogens is 437 g/mol. The van der Waals surface area contributed by atoms with Gasteiger partial charge in [0.25, 0.3) is 11.7 Å². The molecular formula is C27H24FNO5. The first kappa shape index (κ1) is 23.0. The van der Waals surface area contributed by atoms with Gasteiger partial charge in [-0.15, -0.1) is 0 Å². The summed E-state index contributed by atoms with van der Waals surface area (Å²) in [5.41, 5.74) is 2.74. The average molecular weight is 461 g/mol. The Morgan fingerprint density at radius 3 is 2.29 bits per heavy atom. The maximum atomic E-state index is 14.1. The first-order valence-corrected chi connectivity index (χ1v) is 10.6. The largest absolute Gasteiger partial charge is 0.507 e. The molecule has 0 radical (unpaired) electrons. The molecule has 6 nitrogen and oxygen atoms in total. The van der Waals surface area contributed by atoms with Crippen molar-refractivity contribution in [2.24, 2.45) is 0 Å². The van der Waals surface area contributed by atoms with Crippen LogP contribution in [0.2, 0.25) is 0 Å². The number of aliphatic hydroxyl groups is 1. The smallest absolute Gasteiger partial charge is 0.300 e. The van der Waals surface area contributed by atoms with Gasteiger partial charge in [-0.1, -0.05) is 24.3 Å². The van der Waals surface area contributed by atoms with E-state index in [-0.39, 0.29) is 16.9 Å². The van der Waals surface area contributed by atoms with E-state index >= 15 is 0 Å². The van der Waals surface area contributed by atoms with E-state index in [0.29, 0.717) is 17.0 Å². The molecule has 1 N–H and O–H groups in total. The van der Waals surface area contributed by atoms with Gasteiger partial charge in [0, 0.05) is 11.3 Å². The quantitative estimate of drug-likeness (QED) is 0.326. The number of rotatable bonds is 5. The molecule has 1 heterocycles. The second-order valence-electron chi connectivity index (χ2n) is 8.02. The Morgan fingerprint density at radius 1 is 0.912 bits per heavy atom. The van der Waals surface area contributed by atoms with Gasteiger partial charge >= 0.3 is 0 Å². The second-order valence-corrected chi connectivity index (χ2v) is 8.02. The number of nitrogens with zero attached hydrogens (tertiary/aromatic N) is 1. The lowest BCUT2D eigenvalue weighted by Crippen LogP contribution is -2.29. The predicted molar refractivity (Wildman–Crippen MR) is 127 cm³/mol. The van der Waals surface area contributed by atoms with Crippen LogP contribution in [0.5, 0.6) is 11.5 Å². The van der Waals surface area contributed by atoms with E-state index in [1.165, 1.54) is 31.3 Å². The molecule has 1 atom stereocenters. The van der Waals surface area contributed by atoms with Gasteiger partial charge in [-0.2, -0.15) is 0 Å².